The van der Waals surface area contributed by atoms with Crippen LogP contribution in [0.25, 0.3) is 0 Å². The van der Waals surface area contributed by atoms with Crippen molar-refractivity contribution in [3.63, 3.8) is 0 Å². The summed E-state index contributed by atoms with van der Waals surface area (Å²) in [7, 11) is 0. The molecule has 0 rings (SSSR count). The first-order valence-corrected chi connectivity index (χ1v) is 6.02. The summed E-state index contributed by atoms with van der Waals surface area (Å²) in [5.74, 6) is 0.891. The fourth-order valence-electron chi connectivity index (χ4n) is 0.935. The minimum Gasteiger partial charge on any atom is -0.379 e. The summed E-state index contributed by atoms with van der Waals surface area (Å²) in [6.45, 7) is 7.12. The van der Waals surface area contributed by atoms with Crippen LogP contribution in [0.1, 0.15) is 19.8 Å². The Hall–Kier alpha value is 0.230. The van der Waals surface area contributed by atoms with Gasteiger partial charge in [0.25, 0.3) is 0 Å². The van der Waals surface area contributed by atoms with Gasteiger partial charge in [-0.2, -0.15) is 12.6 Å². The second-order valence-corrected chi connectivity index (χ2v) is 3.50. The standard InChI is InChI=1S/C10H23NO2S/c1-2-4-11-5-7-13-9-8-12-6-3-10-14/h11,14H,2-10H2,1H3. The molecule has 0 spiro atoms. The lowest BCUT2D eigenvalue weighted by molar-refractivity contribution is 0.0494. The molecule has 0 aromatic heterocycles. The molecule has 0 saturated heterocycles. The largest absolute Gasteiger partial charge is 0.379 e. The molecule has 0 unspecified atom stereocenters. The van der Waals surface area contributed by atoms with Crippen LogP contribution in [0.15, 0.2) is 0 Å². The van der Waals surface area contributed by atoms with Crippen molar-refractivity contribution in [2.75, 3.05) is 45.3 Å². The van der Waals surface area contributed by atoms with Crippen molar-refractivity contribution in [1.82, 2.24) is 5.32 Å². The minimum atomic E-state index is 0.695. The lowest BCUT2D eigenvalue weighted by Gasteiger charge is -2.05. The van der Waals surface area contributed by atoms with Crippen LogP contribution in [0.4, 0.5) is 0 Å². The zero-order chi connectivity index (χ0) is 10.5. The predicted octanol–water partition coefficient (Wildman–Crippen LogP) is 1.34. The Morgan fingerprint density at radius 2 is 1.71 bits per heavy atom. The third-order valence-electron chi connectivity index (χ3n) is 1.67. The van der Waals surface area contributed by atoms with Gasteiger partial charge in [0.1, 0.15) is 0 Å². The van der Waals surface area contributed by atoms with Crippen LogP contribution in [0.5, 0.6) is 0 Å². The Bertz CT molecular complexity index is 92.1. The normalized spacial score (nSPS) is 10.7. The predicted molar refractivity (Wildman–Crippen MR) is 63.3 cm³/mol. The van der Waals surface area contributed by atoms with Gasteiger partial charge < -0.3 is 14.8 Å². The molecule has 0 aromatic carbocycles. The monoisotopic (exact) mass is 221 g/mol. The van der Waals surface area contributed by atoms with Crippen LogP contribution in [0, 0.1) is 0 Å². The Morgan fingerprint density at radius 3 is 2.36 bits per heavy atom. The smallest absolute Gasteiger partial charge is 0.0701 e. The highest BCUT2D eigenvalue weighted by Crippen LogP contribution is 1.85. The molecule has 0 aliphatic carbocycles. The molecule has 0 aliphatic rings. The summed E-state index contributed by atoms with van der Waals surface area (Å²) in [6.07, 6.45) is 2.19. The molecule has 0 heterocycles. The third kappa shape index (κ3) is 12.2. The maximum absolute atomic E-state index is 5.35. The van der Waals surface area contributed by atoms with Crippen LogP contribution >= 0.6 is 12.6 Å². The number of thiol groups is 1. The van der Waals surface area contributed by atoms with E-state index >= 15 is 0 Å². The third-order valence-corrected chi connectivity index (χ3v) is 1.98. The second-order valence-electron chi connectivity index (χ2n) is 3.05. The first kappa shape index (κ1) is 14.2. The quantitative estimate of drug-likeness (QED) is 0.408. The number of hydrogen-bond acceptors (Lipinski definition) is 4. The van der Waals surface area contributed by atoms with Gasteiger partial charge in [-0.15, -0.1) is 0 Å². The molecule has 4 heteroatoms. The van der Waals surface area contributed by atoms with Crippen molar-refractivity contribution >= 4 is 12.6 Å². The van der Waals surface area contributed by atoms with Gasteiger partial charge in [0.2, 0.25) is 0 Å². The topological polar surface area (TPSA) is 30.5 Å². The van der Waals surface area contributed by atoms with E-state index in [1.165, 1.54) is 6.42 Å². The average molecular weight is 221 g/mol. The Kier molecular flexibility index (Phi) is 13.4. The Labute approximate surface area is 93.0 Å². The zero-order valence-corrected chi connectivity index (χ0v) is 10.0. The van der Waals surface area contributed by atoms with E-state index in [-0.39, 0.29) is 0 Å². The van der Waals surface area contributed by atoms with Crippen molar-refractivity contribution in [2.45, 2.75) is 19.8 Å². The van der Waals surface area contributed by atoms with Gasteiger partial charge in [-0.05, 0) is 25.1 Å². The molecule has 1 N–H and O–H groups in total. The number of hydrogen-bond donors (Lipinski definition) is 2. The number of nitrogens with one attached hydrogen (secondary N) is 1. The molecule has 0 aromatic rings. The van der Waals surface area contributed by atoms with Crippen molar-refractivity contribution in [1.29, 1.82) is 0 Å². The van der Waals surface area contributed by atoms with Gasteiger partial charge in [-0.1, -0.05) is 6.92 Å². The van der Waals surface area contributed by atoms with Gasteiger partial charge in [0.15, 0.2) is 0 Å². The average Bonchev–Trinajstić information content (AvgIpc) is 2.21. The summed E-state index contributed by atoms with van der Waals surface area (Å²) in [5, 5.41) is 3.27. The van der Waals surface area contributed by atoms with Gasteiger partial charge >= 0.3 is 0 Å². The summed E-state index contributed by atoms with van der Waals surface area (Å²) >= 11 is 4.09. The molecule has 0 aliphatic heterocycles. The van der Waals surface area contributed by atoms with E-state index in [1.54, 1.807) is 0 Å². The van der Waals surface area contributed by atoms with Gasteiger partial charge in [-0.25, -0.2) is 0 Å². The molecule has 0 atom stereocenters. The lowest BCUT2D eigenvalue weighted by atomic mass is 10.5. The number of rotatable bonds is 11. The molecule has 0 fully saturated rings. The first-order chi connectivity index (χ1) is 6.91. The van der Waals surface area contributed by atoms with E-state index in [0.29, 0.717) is 13.2 Å². The van der Waals surface area contributed by atoms with Gasteiger partial charge in [0.05, 0.1) is 19.8 Å². The van der Waals surface area contributed by atoms with Crippen molar-refractivity contribution in [3.8, 4) is 0 Å². The summed E-state index contributed by atoms with van der Waals surface area (Å²) in [6, 6.07) is 0. The molecular formula is C10H23NO2S. The highest BCUT2D eigenvalue weighted by Gasteiger charge is 1.89. The van der Waals surface area contributed by atoms with E-state index in [2.05, 4.69) is 24.9 Å². The highest BCUT2D eigenvalue weighted by atomic mass is 32.1. The van der Waals surface area contributed by atoms with Crippen LogP contribution < -0.4 is 5.32 Å². The van der Waals surface area contributed by atoms with Crippen molar-refractivity contribution in [2.24, 2.45) is 0 Å². The summed E-state index contributed by atoms with van der Waals surface area (Å²) in [5.41, 5.74) is 0. The van der Waals surface area contributed by atoms with E-state index in [0.717, 1.165) is 38.5 Å². The maximum atomic E-state index is 5.35. The molecule has 0 radical (unpaired) electrons. The maximum Gasteiger partial charge on any atom is 0.0701 e. The van der Waals surface area contributed by atoms with E-state index in [9.17, 15) is 0 Å². The molecule has 0 saturated carbocycles. The highest BCUT2D eigenvalue weighted by molar-refractivity contribution is 7.80. The van der Waals surface area contributed by atoms with E-state index in [1.807, 2.05) is 0 Å². The molecule has 86 valence electrons. The molecule has 3 nitrogen and oxygen atoms in total. The summed E-state index contributed by atoms with van der Waals surface area (Å²) < 4.78 is 10.7. The summed E-state index contributed by atoms with van der Waals surface area (Å²) in [4.78, 5) is 0. The lowest BCUT2D eigenvalue weighted by Crippen LogP contribution is -2.21. The molecule has 0 bridgehead atoms. The van der Waals surface area contributed by atoms with Crippen molar-refractivity contribution < 1.29 is 9.47 Å². The number of ether oxygens (including phenoxy) is 2. The zero-order valence-electron chi connectivity index (χ0n) is 9.13. The molecule has 14 heavy (non-hydrogen) atoms. The second kappa shape index (κ2) is 13.2. The van der Waals surface area contributed by atoms with E-state index < -0.39 is 0 Å². The fourth-order valence-corrected chi connectivity index (χ4v) is 1.06. The van der Waals surface area contributed by atoms with Crippen LogP contribution in [0.2, 0.25) is 0 Å². The van der Waals surface area contributed by atoms with Crippen LogP contribution in [0.3, 0.4) is 0 Å². The van der Waals surface area contributed by atoms with Gasteiger partial charge in [-0.3, -0.25) is 0 Å². The van der Waals surface area contributed by atoms with E-state index in [4.69, 9.17) is 9.47 Å². The first-order valence-electron chi connectivity index (χ1n) is 5.39. The Balaban J connectivity index is 2.78. The fraction of sp³-hybridized carbons (Fsp3) is 1.00. The van der Waals surface area contributed by atoms with Crippen LogP contribution in [-0.2, 0) is 9.47 Å². The van der Waals surface area contributed by atoms with Crippen LogP contribution in [-0.4, -0.2) is 45.3 Å². The minimum absolute atomic E-state index is 0.695. The van der Waals surface area contributed by atoms with Crippen molar-refractivity contribution in [3.05, 3.63) is 0 Å². The SMILES string of the molecule is CCCNCCOCCOCCCS. The Morgan fingerprint density at radius 1 is 1.00 bits per heavy atom. The van der Waals surface area contributed by atoms with Gasteiger partial charge in [0, 0.05) is 13.2 Å². The molecule has 0 amide bonds. The molecular weight excluding hydrogens is 198 g/mol.